The van der Waals surface area contributed by atoms with E-state index in [0.717, 1.165) is 0 Å². The summed E-state index contributed by atoms with van der Waals surface area (Å²) >= 11 is 5.84. The molecule has 1 rings (SSSR count). The first-order valence-electron chi connectivity index (χ1n) is 4.43. The van der Waals surface area contributed by atoms with Crippen LogP contribution in [0.15, 0.2) is 35.2 Å². The van der Waals surface area contributed by atoms with E-state index in [1.54, 1.807) is 0 Å². The quantitative estimate of drug-likeness (QED) is 0.628. The molecule has 0 saturated heterocycles. The number of ether oxygens (including phenoxy) is 1. The Morgan fingerprint density at radius 1 is 1.44 bits per heavy atom. The van der Waals surface area contributed by atoms with Crippen molar-refractivity contribution in [2.24, 2.45) is 0 Å². The van der Waals surface area contributed by atoms with Gasteiger partial charge in [0.2, 0.25) is 0 Å². The summed E-state index contributed by atoms with van der Waals surface area (Å²) in [6.07, 6.45) is 3.65. The Balaban J connectivity index is 2.92. The fourth-order valence-electron chi connectivity index (χ4n) is 0.984. The van der Waals surface area contributed by atoms with Gasteiger partial charge in [0.1, 0.15) is 12.4 Å². The van der Waals surface area contributed by atoms with Crippen molar-refractivity contribution in [3.8, 4) is 5.75 Å². The predicted octanol–water partition coefficient (Wildman–Crippen LogP) is 3.22. The fourth-order valence-corrected chi connectivity index (χ4v) is 2.06. The molecule has 16 heavy (non-hydrogen) atoms. The maximum absolute atomic E-state index is 11.0. The van der Waals surface area contributed by atoms with Gasteiger partial charge in [0.15, 0.2) is 0 Å². The zero-order valence-electron chi connectivity index (χ0n) is 8.48. The highest BCUT2D eigenvalue weighted by molar-refractivity contribution is 8.13. The van der Waals surface area contributed by atoms with Gasteiger partial charge in [-0.1, -0.05) is 23.8 Å². The first kappa shape index (κ1) is 13.4. The molecule has 1 aromatic carbocycles. The zero-order chi connectivity index (χ0) is 12.2. The van der Waals surface area contributed by atoms with Gasteiger partial charge in [-0.2, -0.15) is 0 Å². The first-order chi connectivity index (χ1) is 7.45. The van der Waals surface area contributed by atoms with Crippen molar-refractivity contribution < 1.29 is 13.2 Å². The van der Waals surface area contributed by atoms with Crippen molar-refractivity contribution in [1.29, 1.82) is 0 Å². The van der Waals surface area contributed by atoms with E-state index >= 15 is 0 Å². The van der Waals surface area contributed by atoms with Crippen LogP contribution in [0.4, 0.5) is 0 Å². The molecular formula is C10H10Cl2O3S. The van der Waals surface area contributed by atoms with E-state index in [4.69, 9.17) is 27.0 Å². The second-order valence-corrected chi connectivity index (χ2v) is 5.88. The Morgan fingerprint density at radius 2 is 2.12 bits per heavy atom. The molecule has 0 saturated carbocycles. The molecule has 0 aromatic heterocycles. The van der Waals surface area contributed by atoms with Crippen molar-refractivity contribution in [2.45, 2.75) is 11.8 Å². The van der Waals surface area contributed by atoms with Crippen LogP contribution < -0.4 is 4.74 Å². The Kier molecular flexibility index (Phi) is 4.65. The van der Waals surface area contributed by atoms with Crippen molar-refractivity contribution in [1.82, 2.24) is 0 Å². The molecule has 0 heterocycles. The van der Waals surface area contributed by atoms with Crippen molar-refractivity contribution >= 4 is 31.3 Å². The van der Waals surface area contributed by atoms with Gasteiger partial charge in [-0.15, -0.1) is 0 Å². The maximum atomic E-state index is 11.0. The van der Waals surface area contributed by atoms with Crippen LogP contribution in [-0.2, 0) is 9.05 Å². The number of allylic oxidation sites excluding steroid dienone is 1. The van der Waals surface area contributed by atoms with Crippen molar-refractivity contribution in [2.75, 3.05) is 6.61 Å². The van der Waals surface area contributed by atoms with Crippen LogP contribution in [-0.4, -0.2) is 15.0 Å². The van der Waals surface area contributed by atoms with Crippen LogP contribution in [0.2, 0.25) is 5.02 Å². The summed E-state index contributed by atoms with van der Waals surface area (Å²) in [5.41, 5.74) is 0. The molecule has 0 N–H and O–H groups in total. The molecule has 6 heteroatoms. The van der Waals surface area contributed by atoms with Gasteiger partial charge >= 0.3 is 0 Å². The van der Waals surface area contributed by atoms with Crippen LogP contribution in [0, 0.1) is 0 Å². The smallest absolute Gasteiger partial charge is 0.261 e. The number of hydrogen-bond acceptors (Lipinski definition) is 3. The molecule has 0 aliphatic carbocycles. The molecule has 0 radical (unpaired) electrons. The Bertz CT molecular complexity index is 495. The van der Waals surface area contributed by atoms with Crippen LogP contribution in [0.3, 0.4) is 0 Å². The fraction of sp³-hybridized carbons (Fsp3) is 0.200. The summed E-state index contributed by atoms with van der Waals surface area (Å²) in [7, 11) is 1.42. The van der Waals surface area contributed by atoms with E-state index in [-0.39, 0.29) is 9.92 Å². The normalized spacial score (nSPS) is 11.9. The third-order valence-corrected chi connectivity index (χ3v) is 3.40. The Labute approximate surface area is 104 Å². The average Bonchev–Trinajstić information content (AvgIpc) is 2.19. The lowest BCUT2D eigenvalue weighted by atomic mass is 10.3. The van der Waals surface area contributed by atoms with Gasteiger partial charge in [0.25, 0.3) is 9.05 Å². The largest absolute Gasteiger partial charge is 0.488 e. The molecular weight excluding hydrogens is 271 g/mol. The van der Waals surface area contributed by atoms with E-state index in [9.17, 15) is 8.42 Å². The lowest BCUT2D eigenvalue weighted by molar-refractivity contribution is 0.362. The van der Waals surface area contributed by atoms with Crippen LogP contribution in [0.1, 0.15) is 6.92 Å². The highest BCUT2D eigenvalue weighted by Gasteiger charge is 2.12. The molecule has 88 valence electrons. The van der Waals surface area contributed by atoms with Crippen molar-refractivity contribution in [3.05, 3.63) is 35.4 Å². The monoisotopic (exact) mass is 280 g/mol. The van der Waals surface area contributed by atoms with Crippen LogP contribution in [0.5, 0.6) is 5.75 Å². The van der Waals surface area contributed by atoms with Crippen LogP contribution in [0.25, 0.3) is 0 Å². The summed E-state index contributed by atoms with van der Waals surface area (Å²) in [5, 5.41) is 0.214. The highest BCUT2D eigenvalue weighted by Crippen LogP contribution is 2.28. The average molecular weight is 281 g/mol. The summed E-state index contributed by atoms with van der Waals surface area (Å²) in [4.78, 5) is -0.0439. The number of benzene rings is 1. The van der Waals surface area contributed by atoms with E-state index in [2.05, 4.69) is 0 Å². The standard InChI is InChI=1S/C10H10Cl2O3S/c1-2-3-6-15-10-5-4-8(7-9(10)11)16(12,13)14/h2-5,7H,6H2,1H3/b3-2+. The zero-order valence-corrected chi connectivity index (χ0v) is 10.8. The lowest BCUT2D eigenvalue weighted by Crippen LogP contribution is -1.96. The second-order valence-electron chi connectivity index (χ2n) is 2.91. The molecule has 0 bridgehead atoms. The van der Waals surface area contributed by atoms with E-state index in [1.165, 1.54) is 18.2 Å². The second kappa shape index (κ2) is 5.57. The van der Waals surface area contributed by atoms with Gasteiger partial charge < -0.3 is 4.74 Å². The topological polar surface area (TPSA) is 43.4 Å². The molecule has 1 aromatic rings. The summed E-state index contributed by atoms with van der Waals surface area (Å²) < 4.78 is 27.3. The molecule has 0 aliphatic rings. The lowest BCUT2D eigenvalue weighted by Gasteiger charge is -2.06. The number of halogens is 2. The molecule has 0 fully saturated rings. The summed E-state index contributed by atoms with van der Waals surface area (Å²) in [5.74, 6) is 0.420. The maximum Gasteiger partial charge on any atom is 0.261 e. The minimum absolute atomic E-state index is 0.0439. The van der Waals surface area contributed by atoms with Gasteiger partial charge in [-0.3, -0.25) is 0 Å². The third kappa shape index (κ3) is 3.70. The minimum atomic E-state index is -3.75. The molecule has 0 spiro atoms. The van der Waals surface area contributed by atoms with Gasteiger partial charge in [0.05, 0.1) is 9.92 Å². The number of rotatable bonds is 4. The summed E-state index contributed by atoms with van der Waals surface area (Å²) in [6.45, 7) is 2.25. The first-order valence-corrected chi connectivity index (χ1v) is 7.12. The Hall–Kier alpha value is -0.710. The van der Waals surface area contributed by atoms with Crippen molar-refractivity contribution in [3.63, 3.8) is 0 Å². The minimum Gasteiger partial charge on any atom is -0.488 e. The van der Waals surface area contributed by atoms with E-state index in [0.29, 0.717) is 12.4 Å². The predicted molar refractivity (Wildman–Crippen MR) is 64.8 cm³/mol. The molecule has 0 amide bonds. The van der Waals surface area contributed by atoms with Gasteiger partial charge in [-0.25, -0.2) is 8.42 Å². The SMILES string of the molecule is C/C=C/COc1ccc(S(=O)(=O)Cl)cc1Cl. The Morgan fingerprint density at radius 3 is 2.62 bits per heavy atom. The third-order valence-electron chi connectivity index (χ3n) is 1.76. The molecule has 3 nitrogen and oxygen atoms in total. The molecule has 0 aliphatic heterocycles. The highest BCUT2D eigenvalue weighted by atomic mass is 35.7. The van der Waals surface area contributed by atoms with Gasteiger partial charge in [-0.05, 0) is 25.1 Å². The molecule has 0 unspecified atom stereocenters. The number of hydrogen-bond donors (Lipinski definition) is 0. The van der Waals surface area contributed by atoms with Gasteiger partial charge in [0, 0.05) is 10.7 Å². The van der Waals surface area contributed by atoms with E-state index in [1.807, 2.05) is 19.1 Å². The molecule has 0 atom stereocenters. The summed E-state index contributed by atoms with van der Waals surface area (Å²) in [6, 6.07) is 4.08. The van der Waals surface area contributed by atoms with E-state index < -0.39 is 9.05 Å². The van der Waals surface area contributed by atoms with Crippen LogP contribution >= 0.6 is 22.3 Å².